The topological polar surface area (TPSA) is 81.4 Å². The molecule has 114 valence electrons. The molecule has 0 radical (unpaired) electrons. The molecule has 0 heterocycles. The van der Waals surface area contributed by atoms with Crippen molar-refractivity contribution in [1.29, 1.82) is 0 Å². The van der Waals surface area contributed by atoms with Gasteiger partial charge in [0.15, 0.2) is 0 Å². The Morgan fingerprint density at radius 1 is 1.45 bits per heavy atom. The highest BCUT2D eigenvalue weighted by atomic mass is 79.9. The molecule has 0 aliphatic rings. The van der Waals surface area contributed by atoms with E-state index in [0.29, 0.717) is 10.2 Å². The van der Waals surface area contributed by atoms with Crippen molar-refractivity contribution < 1.29 is 13.2 Å². The second-order valence-electron chi connectivity index (χ2n) is 4.49. The smallest absolute Gasteiger partial charge is 0.240 e. The molecular formula is C13H21BrN2O3S. The summed E-state index contributed by atoms with van der Waals surface area (Å²) in [7, 11) is -2.09. The Bertz CT molecular complexity index is 534. The van der Waals surface area contributed by atoms with Crippen LogP contribution in [0.4, 0.5) is 0 Å². The van der Waals surface area contributed by atoms with Crippen LogP contribution in [-0.4, -0.2) is 28.1 Å². The fourth-order valence-electron chi connectivity index (χ4n) is 1.77. The molecule has 0 saturated carbocycles. The van der Waals surface area contributed by atoms with E-state index < -0.39 is 10.0 Å². The van der Waals surface area contributed by atoms with Crippen LogP contribution in [0.3, 0.4) is 0 Å². The third kappa shape index (κ3) is 4.73. The molecule has 0 fully saturated rings. The summed E-state index contributed by atoms with van der Waals surface area (Å²) in [5, 5.41) is 0. The van der Waals surface area contributed by atoms with Crippen LogP contribution in [0.25, 0.3) is 0 Å². The van der Waals surface area contributed by atoms with Crippen molar-refractivity contribution in [2.75, 3.05) is 13.7 Å². The maximum atomic E-state index is 12.3. The van der Waals surface area contributed by atoms with Gasteiger partial charge in [0.05, 0.1) is 16.5 Å². The molecule has 20 heavy (non-hydrogen) atoms. The lowest BCUT2D eigenvalue weighted by atomic mass is 10.1. The lowest BCUT2D eigenvalue weighted by Gasteiger charge is -2.17. The molecule has 5 nitrogen and oxygen atoms in total. The summed E-state index contributed by atoms with van der Waals surface area (Å²) in [4.78, 5) is 0.174. The average Bonchev–Trinajstić information content (AvgIpc) is 2.43. The van der Waals surface area contributed by atoms with Crippen molar-refractivity contribution in [3.05, 3.63) is 22.7 Å². The number of nitrogens with two attached hydrogens (primary N) is 1. The first-order valence-electron chi connectivity index (χ1n) is 6.50. The Balaban J connectivity index is 2.92. The van der Waals surface area contributed by atoms with Crippen LogP contribution in [0.15, 0.2) is 27.6 Å². The summed E-state index contributed by atoms with van der Waals surface area (Å²) in [6.45, 7) is 2.34. The molecule has 1 atom stereocenters. The van der Waals surface area contributed by atoms with E-state index in [4.69, 9.17) is 10.5 Å². The van der Waals surface area contributed by atoms with Crippen LogP contribution in [0.5, 0.6) is 5.75 Å². The minimum Gasteiger partial charge on any atom is -0.496 e. The van der Waals surface area contributed by atoms with Gasteiger partial charge in [-0.25, -0.2) is 13.1 Å². The quantitative estimate of drug-likeness (QED) is 0.740. The zero-order chi connectivity index (χ0) is 15.2. The van der Waals surface area contributed by atoms with Gasteiger partial charge in [0.2, 0.25) is 10.0 Å². The molecule has 1 unspecified atom stereocenters. The monoisotopic (exact) mass is 364 g/mol. The minimum atomic E-state index is -3.58. The Kier molecular flexibility index (Phi) is 6.94. The van der Waals surface area contributed by atoms with Gasteiger partial charge >= 0.3 is 0 Å². The number of hydrogen-bond donors (Lipinski definition) is 2. The van der Waals surface area contributed by atoms with Gasteiger partial charge in [-0.2, -0.15) is 0 Å². The summed E-state index contributed by atoms with van der Waals surface area (Å²) in [5.41, 5.74) is 5.62. The number of rotatable bonds is 8. The third-order valence-corrected chi connectivity index (χ3v) is 5.12. The second kappa shape index (κ2) is 7.97. The van der Waals surface area contributed by atoms with Crippen LogP contribution in [0.1, 0.15) is 26.2 Å². The molecular weight excluding hydrogens is 344 g/mol. The van der Waals surface area contributed by atoms with Gasteiger partial charge in [-0.15, -0.1) is 0 Å². The van der Waals surface area contributed by atoms with Crippen molar-refractivity contribution >= 4 is 26.0 Å². The molecule has 0 spiro atoms. The fourth-order valence-corrected chi connectivity index (χ4v) is 3.48. The van der Waals surface area contributed by atoms with Crippen LogP contribution < -0.4 is 15.2 Å². The Hall–Kier alpha value is -0.630. The van der Waals surface area contributed by atoms with E-state index in [1.54, 1.807) is 6.07 Å². The number of sulfonamides is 1. The summed E-state index contributed by atoms with van der Waals surface area (Å²) in [5.74, 6) is 0.478. The Morgan fingerprint density at radius 2 is 2.15 bits per heavy atom. The SMILES string of the molecule is CCCCC(CN)NS(=O)(=O)c1ccc(Br)c(OC)c1. The van der Waals surface area contributed by atoms with Crippen LogP contribution >= 0.6 is 15.9 Å². The first kappa shape index (κ1) is 17.4. The van der Waals surface area contributed by atoms with Gasteiger partial charge in [0.25, 0.3) is 0 Å². The predicted octanol–water partition coefficient (Wildman–Crippen LogP) is 2.25. The molecule has 0 bridgehead atoms. The second-order valence-corrected chi connectivity index (χ2v) is 7.06. The molecule has 1 aromatic carbocycles. The lowest BCUT2D eigenvalue weighted by molar-refractivity contribution is 0.410. The van der Waals surface area contributed by atoms with Gasteiger partial charge < -0.3 is 10.5 Å². The van der Waals surface area contributed by atoms with E-state index in [-0.39, 0.29) is 17.5 Å². The first-order valence-corrected chi connectivity index (χ1v) is 8.78. The zero-order valence-electron chi connectivity index (χ0n) is 11.7. The predicted molar refractivity (Wildman–Crippen MR) is 83.4 cm³/mol. The number of nitrogens with one attached hydrogen (secondary N) is 1. The molecule has 1 rings (SSSR count). The third-order valence-electron chi connectivity index (χ3n) is 2.95. The molecule has 7 heteroatoms. The van der Waals surface area contributed by atoms with Crippen LogP contribution in [-0.2, 0) is 10.0 Å². The number of unbranched alkanes of at least 4 members (excludes halogenated alkanes) is 1. The number of ether oxygens (including phenoxy) is 1. The molecule has 3 N–H and O–H groups in total. The normalized spacial score (nSPS) is 13.2. The molecule has 1 aromatic rings. The van der Waals surface area contributed by atoms with Crippen molar-refractivity contribution in [2.45, 2.75) is 37.1 Å². The Labute approximate surface area is 129 Å². The maximum Gasteiger partial charge on any atom is 0.240 e. The first-order chi connectivity index (χ1) is 9.44. The number of hydrogen-bond acceptors (Lipinski definition) is 4. The van der Waals surface area contributed by atoms with E-state index in [1.165, 1.54) is 19.2 Å². The van der Waals surface area contributed by atoms with Gasteiger partial charge in [-0.3, -0.25) is 0 Å². The van der Waals surface area contributed by atoms with Gasteiger partial charge in [-0.1, -0.05) is 19.8 Å². The van der Waals surface area contributed by atoms with Gasteiger partial charge in [0.1, 0.15) is 5.75 Å². The highest BCUT2D eigenvalue weighted by molar-refractivity contribution is 9.10. The number of halogens is 1. The number of methoxy groups -OCH3 is 1. The van der Waals surface area contributed by atoms with Gasteiger partial charge in [-0.05, 0) is 34.5 Å². The van der Waals surface area contributed by atoms with E-state index in [0.717, 1.165) is 19.3 Å². The van der Waals surface area contributed by atoms with Crippen molar-refractivity contribution in [2.24, 2.45) is 5.73 Å². The van der Waals surface area contributed by atoms with Crippen molar-refractivity contribution in [3.63, 3.8) is 0 Å². The standard InChI is InChI=1S/C13H21BrN2O3S/c1-3-4-5-10(9-15)16-20(17,18)11-6-7-12(14)13(8-11)19-2/h6-8,10,16H,3-5,9,15H2,1-2H3. The van der Waals surface area contributed by atoms with Gasteiger partial charge in [0, 0.05) is 18.7 Å². The molecule has 0 aliphatic heterocycles. The number of benzene rings is 1. The molecule has 0 aromatic heterocycles. The summed E-state index contributed by atoms with van der Waals surface area (Å²) in [6, 6.07) is 4.42. The van der Waals surface area contributed by atoms with Crippen molar-refractivity contribution in [1.82, 2.24) is 4.72 Å². The minimum absolute atomic E-state index is 0.174. The Morgan fingerprint density at radius 3 is 2.70 bits per heavy atom. The lowest BCUT2D eigenvalue weighted by Crippen LogP contribution is -2.40. The van der Waals surface area contributed by atoms with E-state index in [2.05, 4.69) is 27.6 Å². The summed E-state index contributed by atoms with van der Waals surface area (Å²) >= 11 is 3.30. The highest BCUT2D eigenvalue weighted by Gasteiger charge is 2.20. The summed E-state index contributed by atoms with van der Waals surface area (Å²) < 4.78 is 33.1. The molecule has 0 amide bonds. The fraction of sp³-hybridized carbons (Fsp3) is 0.538. The van der Waals surface area contributed by atoms with E-state index in [1.807, 2.05) is 0 Å². The van der Waals surface area contributed by atoms with Crippen LogP contribution in [0.2, 0.25) is 0 Å². The highest BCUT2D eigenvalue weighted by Crippen LogP contribution is 2.27. The maximum absolute atomic E-state index is 12.3. The van der Waals surface area contributed by atoms with E-state index >= 15 is 0 Å². The zero-order valence-corrected chi connectivity index (χ0v) is 14.1. The molecule has 0 saturated heterocycles. The molecule has 0 aliphatic carbocycles. The summed E-state index contributed by atoms with van der Waals surface area (Å²) in [6.07, 6.45) is 2.68. The van der Waals surface area contributed by atoms with Crippen molar-refractivity contribution in [3.8, 4) is 5.75 Å². The van der Waals surface area contributed by atoms with Crippen LogP contribution in [0, 0.1) is 0 Å². The largest absolute Gasteiger partial charge is 0.496 e. The average molecular weight is 365 g/mol. The van der Waals surface area contributed by atoms with E-state index in [9.17, 15) is 8.42 Å².